The number of anilines is 4. The van der Waals surface area contributed by atoms with E-state index in [0.29, 0.717) is 73.1 Å². The summed E-state index contributed by atoms with van der Waals surface area (Å²) in [6.07, 6.45) is 6.05. The van der Waals surface area contributed by atoms with Gasteiger partial charge in [0.15, 0.2) is 5.65 Å². The summed E-state index contributed by atoms with van der Waals surface area (Å²) in [6.45, 7) is 1.16. The maximum atomic E-state index is 12.9. The maximum Gasteiger partial charge on any atom is 0.321 e. The number of imidazole rings is 1. The number of carbonyl (C=O) groups is 2. The Morgan fingerprint density at radius 3 is 2.44 bits per heavy atom. The highest BCUT2D eigenvalue weighted by Crippen LogP contribution is 2.39. The first kappa shape index (κ1) is 30.4. The molecule has 5 N–H and O–H groups in total. The number of benzene rings is 2. The van der Waals surface area contributed by atoms with E-state index in [1.54, 1.807) is 11.1 Å². The lowest BCUT2D eigenvalue weighted by atomic mass is 9.85. The molecule has 232 valence electrons. The average Bonchev–Trinajstić information content (AvgIpc) is 3.40. The van der Waals surface area contributed by atoms with Crippen LogP contribution in [0.15, 0.2) is 48.7 Å². The zero-order valence-corrected chi connectivity index (χ0v) is 25.9. The number of rotatable bonds is 7. The third kappa shape index (κ3) is 6.74. The minimum Gasteiger partial charge on any atom is -0.369 e. The van der Waals surface area contributed by atoms with Crippen molar-refractivity contribution in [1.29, 1.82) is 5.26 Å². The Balaban J connectivity index is 1.27. The van der Waals surface area contributed by atoms with E-state index < -0.39 is 0 Å². The molecule has 1 aliphatic carbocycles. The highest BCUT2D eigenvalue weighted by Gasteiger charge is 2.30. The number of piperidine rings is 1. The lowest BCUT2D eigenvalue weighted by Crippen LogP contribution is -2.47. The van der Waals surface area contributed by atoms with Crippen molar-refractivity contribution < 1.29 is 9.59 Å². The van der Waals surface area contributed by atoms with Gasteiger partial charge in [0.2, 0.25) is 17.8 Å². The van der Waals surface area contributed by atoms with Gasteiger partial charge in [-0.05, 0) is 62.8 Å². The molecule has 1 saturated heterocycles. The first-order chi connectivity index (χ1) is 21.8. The van der Waals surface area contributed by atoms with Crippen molar-refractivity contribution in [3.8, 4) is 6.07 Å². The van der Waals surface area contributed by atoms with Gasteiger partial charge in [-0.25, -0.2) is 14.8 Å². The summed E-state index contributed by atoms with van der Waals surface area (Å²) in [6, 6.07) is 14.3. The SMILES string of the molecule is N#Cc1cc(Cl)c(Nc2nc3cnc(NC4CCCN(C(=O)Nc5ccccc5)C4)nc3n2C2CCC(C(N)=O)CC2)c(Cl)c1. The van der Waals surface area contributed by atoms with Crippen LogP contribution in [0.2, 0.25) is 10.0 Å². The fraction of sp³-hybridized carbons (Fsp3) is 0.355. The zero-order chi connectivity index (χ0) is 31.5. The molecule has 45 heavy (non-hydrogen) atoms. The number of primary amides is 1. The second kappa shape index (κ2) is 13.2. The van der Waals surface area contributed by atoms with Crippen molar-refractivity contribution in [2.75, 3.05) is 29.0 Å². The molecule has 2 aromatic carbocycles. The Morgan fingerprint density at radius 2 is 1.76 bits per heavy atom. The number of amides is 3. The van der Waals surface area contributed by atoms with E-state index in [-0.39, 0.29) is 40.0 Å². The van der Waals surface area contributed by atoms with Crippen LogP contribution >= 0.6 is 23.2 Å². The Hall–Kier alpha value is -4.60. The molecular weight excluding hydrogens is 615 g/mol. The van der Waals surface area contributed by atoms with Crippen molar-refractivity contribution in [3.05, 3.63) is 64.3 Å². The number of likely N-dealkylation sites (tertiary alicyclic amines) is 1. The summed E-state index contributed by atoms with van der Waals surface area (Å²) in [5, 5.41) is 19.5. The minimum absolute atomic E-state index is 0.0290. The maximum absolute atomic E-state index is 12.9. The van der Waals surface area contributed by atoms with Crippen LogP contribution in [0.4, 0.5) is 28.1 Å². The van der Waals surface area contributed by atoms with Crippen molar-refractivity contribution in [1.82, 2.24) is 24.4 Å². The van der Waals surface area contributed by atoms with Gasteiger partial charge in [-0.15, -0.1) is 0 Å². The number of nitrogens with two attached hydrogens (primary N) is 1. The van der Waals surface area contributed by atoms with Gasteiger partial charge in [-0.1, -0.05) is 41.4 Å². The van der Waals surface area contributed by atoms with E-state index in [1.807, 2.05) is 34.9 Å². The fourth-order valence-electron chi connectivity index (χ4n) is 6.07. The topological polar surface area (TPSA) is 167 Å². The zero-order valence-electron chi connectivity index (χ0n) is 24.3. The van der Waals surface area contributed by atoms with Crippen molar-refractivity contribution >= 4 is 69.6 Å². The number of nitriles is 1. The van der Waals surface area contributed by atoms with Gasteiger partial charge in [0, 0.05) is 36.8 Å². The number of nitrogens with zero attached hydrogens (tertiary/aromatic N) is 6. The third-order valence-electron chi connectivity index (χ3n) is 8.37. The van der Waals surface area contributed by atoms with E-state index in [2.05, 4.69) is 27.0 Å². The first-order valence-corrected chi connectivity index (χ1v) is 15.6. The Morgan fingerprint density at radius 1 is 1.02 bits per heavy atom. The fourth-order valence-corrected chi connectivity index (χ4v) is 6.65. The smallest absolute Gasteiger partial charge is 0.321 e. The third-order valence-corrected chi connectivity index (χ3v) is 8.97. The summed E-state index contributed by atoms with van der Waals surface area (Å²) in [5.41, 5.74) is 8.28. The monoisotopic (exact) mass is 646 g/mol. The second-order valence-electron chi connectivity index (χ2n) is 11.4. The van der Waals surface area contributed by atoms with Gasteiger partial charge < -0.3 is 26.6 Å². The largest absolute Gasteiger partial charge is 0.369 e. The predicted octanol–water partition coefficient (Wildman–Crippen LogP) is 6.07. The van der Waals surface area contributed by atoms with Crippen LogP contribution in [0.5, 0.6) is 0 Å². The van der Waals surface area contributed by atoms with Crippen molar-refractivity contribution in [3.63, 3.8) is 0 Å². The van der Waals surface area contributed by atoms with Crippen LogP contribution in [0.3, 0.4) is 0 Å². The van der Waals surface area contributed by atoms with E-state index in [9.17, 15) is 14.9 Å². The number of urea groups is 1. The van der Waals surface area contributed by atoms with Crippen LogP contribution in [-0.2, 0) is 4.79 Å². The van der Waals surface area contributed by atoms with E-state index in [0.717, 1.165) is 18.5 Å². The standard InChI is InChI=1S/C31H32Cl2N10O2/c32-23-13-18(15-34)14-24(33)26(23)40-30-39-25-16-36-29(41-28(25)43(30)22-10-8-19(9-11-22)27(35)44)37-21-7-4-12-42(17-21)31(45)38-20-5-2-1-3-6-20/h1-3,5-6,13-14,16,19,21-22H,4,7-12,17H2,(H2,35,44)(H,38,45)(H,39,40)(H,36,37,41). The lowest BCUT2D eigenvalue weighted by Gasteiger charge is -2.33. The summed E-state index contributed by atoms with van der Waals surface area (Å²) < 4.78 is 2.00. The normalized spacial score (nSPS) is 19.9. The molecule has 2 fully saturated rings. The summed E-state index contributed by atoms with van der Waals surface area (Å²) in [4.78, 5) is 40.8. The highest BCUT2D eigenvalue weighted by molar-refractivity contribution is 6.39. The first-order valence-electron chi connectivity index (χ1n) is 14.9. The number of aromatic nitrogens is 4. The molecule has 14 heteroatoms. The molecule has 12 nitrogen and oxygen atoms in total. The molecule has 1 saturated carbocycles. The van der Waals surface area contributed by atoms with Crippen LogP contribution in [0.25, 0.3) is 11.2 Å². The number of para-hydroxylation sites is 1. The van der Waals surface area contributed by atoms with Gasteiger partial charge in [0.1, 0.15) is 5.52 Å². The lowest BCUT2D eigenvalue weighted by molar-refractivity contribution is -0.122. The Kier molecular flexibility index (Phi) is 8.91. The molecule has 6 rings (SSSR count). The van der Waals surface area contributed by atoms with Gasteiger partial charge in [0.25, 0.3) is 0 Å². The molecule has 3 heterocycles. The van der Waals surface area contributed by atoms with E-state index in [1.165, 1.54) is 12.1 Å². The molecule has 2 aromatic heterocycles. The predicted molar refractivity (Wildman–Crippen MR) is 174 cm³/mol. The molecule has 3 amide bonds. The molecule has 1 unspecified atom stereocenters. The molecule has 0 spiro atoms. The number of nitrogens with one attached hydrogen (secondary N) is 3. The summed E-state index contributed by atoms with van der Waals surface area (Å²) >= 11 is 13.0. The number of carbonyl (C=O) groups excluding carboxylic acids is 2. The number of halogens is 2. The highest BCUT2D eigenvalue weighted by atomic mass is 35.5. The van der Waals surface area contributed by atoms with Crippen LogP contribution in [0, 0.1) is 17.2 Å². The minimum atomic E-state index is -0.286. The Labute approximate surface area is 269 Å². The number of hydrogen-bond donors (Lipinski definition) is 4. The molecule has 0 radical (unpaired) electrons. The van der Waals surface area contributed by atoms with Gasteiger partial charge in [0.05, 0.1) is 33.6 Å². The van der Waals surface area contributed by atoms with E-state index in [4.69, 9.17) is 38.9 Å². The van der Waals surface area contributed by atoms with Gasteiger partial charge in [-0.2, -0.15) is 10.2 Å². The van der Waals surface area contributed by atoms with Crippen molar-refractivity contribution in [2.24, 2.45) is 11.7 Å². The quantitative estimate of drug-likeness (QED) is 0.187. The molecule has 0 bridgehead atoms. The summed E-state index contributed by atoms with van der Waals surface area (Å²) in [5.74, 6) is 0.431. The second-order valence-corrected chi connectivity index (χ2v) is 12.2. The number of hydrogen-bond acceptors (Lipinski definition) is 8. The van der Waals surface area contributed by atoms with Gasteiger partial charge >= 0.3 is 6.03 Å². The van der Waals surface area contributed by atoms with E-state index >= 15 is 0 Å². The summed E-state index contributed by atoms with van der Waals surface area (Å²) in [7, 11) is 0. The van der Waals surface area contributed by atoms with Crippen LogP contribution in [0.1, 0.15) is 50.1 Å². The van der Waals surface area contributed by atoms with Crippen LogP contribution in [-0.4, -0.2) is 55.5 Å². The van der Waals surface area contributed by atoms with Gasteiger partial charge in [-0.3, -0.25) is 9.36 Å². The average molecular weight is 648 g/mol. The number of fused-ring (bicyclic) bond motifs is 1. The molecule has 4 aromatic rings. The van der Waals surface area contributed by atoms with Crippen LogP contribution < -0.4 is 21.7 Å². The molecule has 1 aliphatic heterocycles. The molecular formula is C31H32Cl2N10O2. The Bertz CT molecular complexity index is 1740. The molecule has 2 aliphatic rings. The molecule has 1 atom stereocenters. The van der Waals surface area contributed by atoms with Crippen molar-refractivity contribution in [2.45, 2.75) is 50.6 Å².